The van der Waals surface area contributed by atoms with Gasteiger partial charge in [0, 0.05) is 17.9 Å². The molecular formula is C19H20Cl2N2O2S. The lowest BCUT2D eigenvalue weighted by molar-refractivity contribution is -0.116. The van der Waals surface area contributed by atoms with Gasteiger partial charge in [0.2, 0.25) is 5.91 Å². The summed E-state index contributed by atoms with van der Waals surface area (Å²) in [5, 5.41) is 3.38. The van der Waals surface area contributed by atoms with Crippen LogP contribution in [-0.4, -0.2) is 36.1 Å². The van der Waals surface area contributed by atoms with E-state index in [0.29, 0.717) is 27.8 Å². The van der Waals surface area contributed by atoms with Gasteiger partial charge >= 0.3 is 0 Å². The van der Waals surface area contributed by atoms with Crippen LogP contribution in [0.2, 0.25) is 10.0 Å². The molecule has 0 aromatic heterocycles. The molecule has 0 atom stereocenters. The second-order valence-corrected chi connectivity index (χ2v) is 7.28. The molecule has 0 heterocycles. The fourth-order valence-corrected chi connectivity index (χ4v) is 3.44. The lowest BCUT2D eigenvalue weighted by Crippen LogP contribution is -2.38. The van der Waals surface area contributed by atoms with Crippen molar-refractivity contribution in [3.05, 3.63) is 63.6 Å². The van der Waals surface area contributed by atoms with Crippen molar-refractivity contribution < 1.29 is 9.59 Å². The van der Waals surface area contributed by atoms with Crippen LogP contribution in [0.1, 0.15) is 22.8 Å². The van der Waals surface area contributed by atoms with Crippen LogP contribution in [0.15, 0.2) is 42.5 Å². The molecule has 0 aliphatic heterocycles. The molecule has 0 aliphatic carbocycles. The molecule has 4 nitrogen and oxygen atoms in total. The SMILES string of the molecule is CCN(CC(=O)Nc1c(Cl)cccc1Cl)C(=O)c1cccc(CSC)c1. The average Bonchev–Trinajstić information content (AvgIpc) is 2.63. The molecule has 0 spiro atoms. The first-order valence-corrected chi connectivity index (χ1v) is 10.2. The maximum atomic E-state index is 12.7. The summed E-state index contributed by atoms with van der Waals surface area (Å²) in [6.07, 6.45) is 2.01. The number of hydrogen-bond acceptors (Lipinski definition) is 3. The summed E-state index contributed by atoms with van der Waals surface area (Å²) in [6.45, 7) is 2.16. The van der Waals surface area contributed by atoms with Crippen molar-refractivity contribution in [3.8, 4) is 0 Å². The number of carbonyl (C=O) groups excluding carboxylic acids is 2. The predicted octanol–water partition coefficient (Wildman–Crippen LogP) is 4.96. The van der Waals surface area contributed by atoms with E-state index in [9.17, 15) is 9.59 Å². The first-order valence-electron chi connectivity index (χ1n) is 8.07. The topological polar surface area (TPSA) is 49.4 Å². The van der Waals surface area contributed by atoms with Crippen LogP contribution in [0.25, 0.3) is 0 Å². The van der Waals surface area contributed by atoms with Crippen molar-refractivity contribution in [2.75, 3.05) is 24.7 Å². The number of likely N-dealkylation sites (N-methyl/N-ethyl adjacent to an activating group) is 1. The number of carbonyl (C=O) groups is 2. The summed E-state index contributed by atoms with van der Waals surface area (Å²) >= 11 is 13.8. The minimum atomic E-state index is -0.351. The molecule has 2 aromatic carbocycles. The molecule has 2 rings (SSSR count). The molecule has 2 amide bonds. The highest BCUT2D eigenvalue weighted by molar-refractivity contribution is 7.97. The molecule has 0 radical (unpaired) electrons. The van der Waals surface area contributed by atoms with E-state index in [0.717, 1.165) is 11.3 Å². The Kier molecular flexibility index (Phi) is 7.82. The zero-order valence-corrected chi connectivity index (χ0v) is 16.9. The van der Waals surface area contributed by atoms with Crippen molar-refractivity contribution >= 4 is 52.5 Å². The first-order chi connectivity index (χ1) is 12.5. The summed E-state index contributed by atoms with van der Waals surface area (Å²) in [5.41, 5.74) is 2.00. The number of rotatable bonds is 7. The van der Waals surface area contributed by atoms with Gasteiger partial charge in [0.25, 0.3) is 5.91 Å². The highest BCUT2D eigenvalue weighted by Gasteiger charge is 2.19. The molecular weight excluding hydrogens is 391 g/mol. The Labute approximate surface area is 167 Å². The quantitative estimate of drug-likeness (QED) is 0.701. The van der Waals surface area contributed by atoms with Gasteiger partial charge in [0.15, 0.2) is 0 Å². The Hall–Kier alpha value is -1.69. The van der Waals surface area contributed by atoms with E-state index in [1.54, 1.807) is 36.0 Å². The fourth-order valence-electron chi connectivity index (χ4n) is 2.44. The fraction of sp³-hybridized carbons (Fsp3) is 0.263. The first kappa shape index (κ1) is 20.6. The van der Waals surface area contributed by atoms with E-state index in [1.165, 1.54) is 4.90 Å². The molecule has 0 fully saturated rings. The Balaban J connectivity index is 2.09. The standard InChI is InChI=1S/C19H20Cl2N2O2S/c1-3-23(19(25)14-7-4-6-13(10-14)12-26-2)11-17(24)22-18-15(20)8-5-9-16(18)21/h4-10H,3,11-12H2,1-2H3,(H,22,24). The van der Waals surface area contributed by atoms with Gasteiger partial charge in [-0.15, -0.1) is 0 Å². The number of anilines is 1. The number of para-hydroxylation sites is 1. The van der Waals surface area contributed by atoms with Gasteiger partial charge in [0.1, 0.15) is 6.54 Å². The minimum Gasteiger partial charge on any atom is -0.330 e. The lowest BCUT2D eigenvalue weighted by atomic mass is 10.1. The van der Waals surface area contributed by atoms with Gasteiger partial charge in [-0.3, -0.25) is 9.59 Å². The van der Waals surface area contributed by atoms with Gasteiger partial charge in [-0.05, 0) is 43.0 Å². The zero-order valence-electron chi connectivity index (χ0n) is 14.6. The molecule has 138 valence electrons. The number of halogens is 2. The monoisotopic (exact) mass is 410 g/mol. The zero-order chi connectivity index (χ0) is 19.1. The average molecular weight is 411 g/mol. The van der Waals surface area contributed by atoms with Crippen LogP contribution < -0.4 is 5.32 Å². The maximum absolute atomic E-state index is 12.7. The molecule has 0 unspecified atom stereocenters. The number of benzene rings is 2. The van der Waals surface area contributed by atoms with Gasteiger partial charge in [-0.2, -0.15) is 11.8 Å². The van der Waals surface area contributed by atoms with Crippen LogP contribution in [0.4, 0.5) is 5.69 Å². The second-order valence-electron chi connectivity index (χ2n) is 5.60. The molecule has 1 N–H and O–H groups in total. The maximum Gasteiger partial charge on any atom is 0.254 e. The van der Waals surface area contributed by atoms with Crippen molar-refractivity contribution in [1.82, 2.24) is 4.90 Å². The van der Waals surface area contributed by atoms with Crippen LogP contribution in [-0.2, 0) is 10.5 Å². The van der Waals surface area contributed by atoms with E-state index in [-0.39, 0.29) is 18.4 Å². The summed E-state index contributed by atoms with van der Waals surface area (Å²) in [4.78, 5) is 26.6. The summed E-state index contributed by atoms with van der Waals surface area (Å²) in [7, 11) is 0. The van der Waals surface area contributed by atoms with Crippen LogP contribution in [0.5, 0.6) is 0 Å². The Morgan fingerprint density at radius 1 is 1.12 bits per heavy atom. The van der Waals surface area contributed by atoms with Gasteiger partial charge in [-0.1, -0.05) is 41.4 Å². The second kappa shape index (κ2) is 9.86. The summed E-state index contributed by atoms with van der Waals surface area (Å²) < 4.78 is 0. The van der Waals surface area contributed by atoms with Crippen LogP contribution >= 0.6 is 35.0 Å². The summed E-state index contributed by atoms with van der Waals surface area (Å²) in [6, 6.07) is 12.4. The lowest BCUT2D eigenvalue weighted by Gasteiger charge is -2.21. The molecule has 26 heavy (non-hydrogen) atoms. The number of hydrogen-bond donors (Lipinski definition) is 1. The number of thioether (sulfide) groups is 1. The highest BCUT2D eigenvalue weighted by atomic mass is 35.5. The molecule has 2 aromatic rings. The molecule has 0 saturated heterocycles. The Morgan fingerprint density at radius 2 is 1.77 bits per heavy atom. The number of amides is 2. The summed E-state index contributed by atoms with van der Waals surface area (Å²) in [5.74, 6) is 0.296. The minimum absolute atomic E-state index is 0.0797. The van der Waals surface area contributed by atoms with Crippen molar-refractivity contribution in [2.45, 2.75) is 12.7 Å². The van der Waals surface area contributed by atoms with E-state index in [2.05, 4.69) is 5.32 Å². The van der Waals surface area contributed by atoms with E-state index in [4.69, 9.17) is 23.2 Å². The third-order valence-electron chi connectivity index (χ3n) is 3.72. The number of nitrogens with zero attached hydrogens (tertiary/aromatic N) is 1. The van der Waals surface area contributed by atoms with Crippen molar-refractivity contribution in [3.63, 3.8) is 0 Å². The molecule has 7 heteroatoms. The van der Waals surface area contributed by atoms with Crippen LogP contribution in [0.3, 0.4) is 0 Å². The van der Waals surface area contributed by atoms with Crippen LogP contribution in [0, 0.1) is 0 Å². The predicted molar refractivity (Wildman–Crippen MR) is 110 cm³/mol. The normalized spacial score (nSPS) is 10.5. The van der Waals surface area contributed by atoms with Gasteiger partial charge in [-0.25, -0.2) is 0 Å². The third kappa shape index (κ3) is 5.40. The molecule has 0 saturated carbocycles. The van der Waals surface area contributed by atoms with Crippen molar-refractivity contribution in [1.29, 1.82) is 0 Å². The Bertz CT molecular complexity index is 779. The van der Waals surface area contributed by atoms with E-state index >= 15 is 0 Å². The van der Waals surface area contributed by atoms with E-state index < -0.39 is 0 Å². The molecule has 0 bridgehead atoms. The highest BCUT2D eigenvalue weighted by Crippen LogP contribution is 2.29. The van der Waals surface area contributed by atoms with Gasteiger partial charge in [0.05, 0.1) is 15.7 Å². The molecule has 0 aliphatic rings. The third-order valence-corrected chi connectivity index (χ3v) is 4.97. The van der Waals surface area contributed by atoms with E-state index in [1.807, 2.05) is 31.4 Å². The number of nitrogens with one attached hydrogen (secondary N) is 1. The van der Waals surface area contributed by atoms with Crippen molar-refractivity contribution in [2.24, 2.45) is 0 Å². The Morgan fingerprint density at radius 3 is 2.38 bits per heavy atom. The smallest absolute Gasteiger partial charge is 0.254 e. The largest absolute Gasteiger partial charge is 0.330 e. The van der Waals surface area contributed by atoms with Gasteiger partial charge < -0.3 is 10.2 Å².